The van der Waals surface area contributed by atoms with Gasteiger partial charge in [0, 0.05) is 23.6 Å². The SMILES string of the molecule is CCCN(Cc1ccc(Br)c(Cl)c1)C1CCNC1. The molecule has 2 rings (SSSR count). The molecule has 0 amide bonds. The zero-order chi connectivity index (χ0) is 13.0. The molecule has 1 fully saturated rings. The fourth-order valence-electron chi connectivity index (χ4n) is 2.50. The topological polar surface area (TPSA) is 15.3 Å². The molecule has 2 nitrogen and oxygen atoms in total. The van der Waals surface area contributed by atoms with Gasteiger partial charge in [0.05, 0.1) is 5.02 Å². The maximum Gasteiger partial charge on any atom is 0.0551 e. The van der Waals surface area contributed by atoms with Crippen molar-refractivity contribution in [3.8, 4) is 0 Å². The van der Waals surface area contributed by atoms with E-state index in [1.165, 1.54) is 18.4 Å². The second-order valence-electron chi connectivity index (χ2n) is 4.87. The summed E-state index contributed by atoms with van der Waals surface area (Å²) in [4.78, 5) is 2.57. The molecule has 1 atom stereocenters. The molecule has 1 aliphatic heterocycles. The van der Waals surface area contributed by atoms with Gasteiger partial charge in [-0.15, -0.1) is 0 Å². The van der Waals surface area contributed by atoms with E-state index in [0.717, 1.165) is 35.7 Å². The fraction of sp³-hybridized carbons (Fsp3) is 0.571. The van der Waals surface area contributed by atoms with E-state index in [4.69, 9.17) is 11.6 Å². The first-order valence-electron chi connectivity index (χ1n) is 6.59. The van der Waals surface area contributed by atoms with Gasteiger partial charge >= 0.3 is 0 Å². The largest absolute Gasteiger partial charge is 0.315 e. The van der Waals surface area contributed by atoms with Gasteiger partial charge in [-0.1, -0.05) is 24.6 Å². The van der Waals surface area contributed by atoms with Crippen LogP contribution in [0.15, 0.2) is 22.7 Å². The maximum absolute atomic E-state index is 6.16. The minimum Gasteiger partial charge on any atom is -0.315 e. The third-order valence-corrected chi connectivity index (χ3v) is 4.66. The van der Waals surface area contributed by atoms with Gasteiger partial charge in [0.25, 0.3) is 0 Å². The number of hydrogen-bond acceptors (Lipinski definition) is 2. The van der Waals surface area contributed by atoms with Crippen LogP contribution in [-0.4, -0.2) is 30.6 Å². The third kappa shape index (κ3) is 3.70. The van der Waals surface area contributed by atoms with Gasteiger partial charge in [-0.2, -0.15) is 0 Å². The molecule has 0 bridgehead atoms. The van der Waals surface area contributed by atoms with Crippen LogP contribution in [-0.2, 0) is 6.54 Å². The molecule has 1 N–H and O–H groups in total. The van der Waals surface area contributed by atoms with E-state index in [0.29, 0.717) is 6.04 Å². The van der Waals surface area contributed by atoms with Gasteiger partial charge in [-0.25, -0.2) is 0 Å². The minimum absolute atomic E-state index is 0.673. The van der Waals surface area contributed by atoms with Crippen molar-refractivity contribution in [3.63, 3.8) is 0 Å². The molecule has 0 aliphatic carbocycles. The van der Waals surface area contributed by atoms with Crippen molar-refractivity contribution in [2.45, 2.75) is 32.4 Å². The molecule has 4 heteroatoms. The highest BCUT2D eigenvalue weighted by Crippen LogP contribution is 2.24. The molecule has 18 heavy (non-hydrogen) atoms. The molecule has 1 heterocycles. The van der Waals surface area contributed by atoms with Gasteiger partial charge in [-0.05, 0) is 59.6 Å². The Balaban J connectivity index is 2.04. The lowest BCUT2D eigenvalue weighted by molar-refractivity contribution is 0.199. The molecule has 1 aromatic carbocycles. The Morgan fingerprint density at radius 2 is 2.33 bits per heavy atom. The summed E-state index contributed by atoms with van der Waals surface area (Å²) in [6.45, 7) is 6.65. The first-order chi connectivity index (χ1) is 8.70. The molecular formula is C14H20BrClN2. The average molecular weight is 332 g/mol. The quantitative estimate of drug-likeness (QED) is 0.885. The number of nitrogens with zero attached hydrogens (tertiary/aromatic N) is 1. The van der Waals surface area contributed by atoms with E-state index < -0.39 is 0 Å². The van der Waals surface area contributed by atoms with Gasteiger partial charge in [0.2, 0.25) is 0 Å². The Bertz CT molecular complexity index is 391. The first-order valence-corrected chi connectivity index (χ1v) is 7.76. The highest BCUT2D eigenvalue weighted by atomic mass is 79.9. The summed E-state index contributed by atoms with van der Waals surface area (Å²) in [6.07, 6.45) is 2.45. The highest BCUT2D eigenvalue weighted by Gasteiger charge is 2.21. The predicted molar refractivity (Wildman–Crippen MR) is 81.1 cm³/mol. The summed E-state index contributed by atoms with van der Waals surface area (Å²) in [5.41, 5.74) is 1.29. The summed E-state index contributed by atoms with van der Waals surface area (Å²) in [5.74, 6) is 0. The third-order valence-electron chi connectivity index (χ3n) is 3.43. The smallest absolute Gasteiger partial charge is 0.0551 e. The van der Waals surface area contributed by atoms with Crippen LogP contribution in [0.5, 0.6) is 0 Å². The van der Waals surface area contributed by atoms with Crippen molar-refractivity contribution in [2.75, 3.05) is 19.6 Å². The van der Waals surface area contributed by atoms with Crippen LogP contribution in [0.3, 0.4) is 0 Å². The van der Waals surface area contributed by atoms with Crippen molar-refractivity contribution in [2.24, 2.45) is 0 Å². The average Bonchev–Trinajstić information content (AvgIpc) is 2.87. The van der Waals surface area contributed by atoms with Gasteiger partial charge in [0.15, 0.2) is 0 Å². The zero-order valence-electron chi connectivity index (χ0n) is 10.8. The van der Waals surface area contributed by atoms with E-state index >= 15 is 0 Å². The van der Waals surface area contributed by atoms with E-state index in [2.05, 4.69) is 45.2 Å². The number of halogens is 2. The number of rotatable bonds is 5. The molecule has 0 saturated carbocycles. The summed E-state index contributed by atoms with van der Waals surface area (Å²) >= 11 is 9.59. The van der Waals surface area contributed by atoms with E-state index in [-0.39, 0.29) is 0 Å². The zero-order valence-corrected chi connectivity index (χ0v) is 13.1. The van der Waals surface area contributed by atoms with Crippen LogP contribution in [0.2, 0.25) is 5.02 Å². The van der Waals surface area contributed by atoms with E-state index in [9.17, 15) is 0 Å². The van der Waals surface area contributed by atoms with Crippen molar-refractivity contribution in [3.05, 3.63) is 33.3 Å². The molecule has 1 unspecified atom stereocenters. The van der Waals surface area contributed by atoms with Crippen LogP contribution in [0.4, 0.5) is 0 Å². The lowest BCUT2D eigenvalue weighted by atomic mass is 10.1. The van der Waals surface area contributed by atoms with Crippen molar-refractivity contribution in [1.29, 1.82) is 0 Å². The van der Waals surface area contributed by atoms with Gasteiger partial charge in [0.1, 0.15) is 0 Å². The Morgan fingerprint density at radius 1 is 1.50 bits per heavy atom. The summed E-state index contributed by atoms with van der Waals surface area (Å²) in [6, 6.07) is 6.93. The van der Waals surface area contributed by atoms with Crippen molar-refractivity contribution >= 4 is 27.5 Å². The minimum atomic E-state index is 0.673. The van der Waals surface area contributed by atoms with E-state index in [1.807, 2.05) is 6.07 Å². The van der Waals surface area contributed by atoms with E-state index in [1.54, 1.807) is 0 Å². The Kier molecular flexibility index (Phi) is 5.49. The molecule has 0 radical (unpaired) electrons. The summed E-state index contributed by atoms with van der Waals surface area (Å²) in [5, 5.41) is 4.24. The molecule has 1 aromatic rings. The lowest BCUT2D eigenvalue weighted by Crippen LogP contribution is -2.36. The molecule has 100 valence electrons. The van der Waals surface area contributed by atoms with Crippen molar-refractivity contribution in [1.82, 2.24) is 10.2 Å². The Hall–Kier alpha value is -0.0900. The first kappa shape index (κ1) is 14.3. The molecule has 1 saturated heterocycles. The summed E-state index contributed by atoms with van der Waals surface area (Å²) in [7, 11) is 0. The number of nitrogens with one attached hydrogen (secondary N) is 1. The Labute approximate surface area is 123 Å². The second-order valence-corrected chi connectivity index (χ2v) is 6.13. The van der Waals surface area contributed by atoms with Crippen LogP contribution in [0.1, 0.15) is 25.3 Å². The van der Waals surface area contributed by atoms with Crippen LogP contribution < -0.4 is 5.32 Å². The summed E-state index contributed by atoms with van der Waals surface area (Å²) < 4.78 is 0.970. The standard InChI is InChI=1S/C14H20BrClN2/c1-2-7-18(12-5-6-17-9-12)10-11-3-4-13(15)14(16)8-11/h3-4,8,12,17H,2,5-7,9-10H2,1H3. The number of hydrogen-bond donors (Lipinski definition) is 1. The van der Waals surface area contributed by atoms with Crippen molar-refractivity contribution < 1.29 is 0 Å². The monoisotopic (exact) mass is 330 g/mol. The second kappa shape index (κ2) is 6.90. The molecule has 0 spiro atoms. The normalized spacial score (nSPS) is 19.7. The molecule has 0 aromatic heterocycles. The lowest BCUT2D eigenvalue weighted by Gasteiger charge is -2.28. The highest BCUT2D eigenvalue weighted by molar-refractivity contribution is 9.10. The Morgan fingerprint density at radius 3 is 2.94 bits per heavy atom. The predicted octanol–water partition coefficient (Wildman–Crippen LogP) is 3.68. The van der Waals surface area contributed by atoms with Gasteiger partial charge < -0.3 is 5.32 Å². The maximum atomic E-state index is 6.16. The van der Waals surface area contributed by atoms with Crippen LogP contribution >= 0.6 is 27.5 Å². The molecule has 1 aliphatic rings. The fourth-order valence-corrected chi connectivity index (χ4v) is 2.95. The number of benzene rings is 1. The molecular weight excluding hydrogens is 312 g/mol. The van der Waals surface area contributed by atoms with Crippen LogP contribution in [0, 0.1) is 0 Å². The van der Waals surface area contributed by atoms with Crippen LogP contribution in [0.25, 0.3) is 0 Å². The van der Waals surface area contributed by atoms with Gasteiger partial charge in [-0.3, -0.25) is 4.90 Å².